The fraction of sp³-hybridized carbons (Fsp3) is 0.625. The number of ether oxygens (including phenoxy) is 2. The molecule has 3 aliphatic rings. The van der Waals surface area contributed by atoms with Crippen molar-refractivity contribution in [2.24, 2.45) is 11.8 Å². The van der Waals surface area contributed by atoms with Crippen LogP contribution in [-0.2, 0) is 19.1 Å². The van der Waals surface area contributed by atoms with Gasteiger partial charge in [-0.3, -0.25) is 14.4 Å². The van der Waals surface area contributed by atoms with Gasteiger partial charge in [-0.25, -0.2) is 4.79 Å². The summed E-state index contributed by atoms with van der Waals surface area (Å²) in [6.07, 6.45) is 11.9. The van der Waals surface area contributed by atoms with Crippen LogP contribution < -0.4 is 20.7 Å². The predicted octanol–water partition coefficient (Wildman–Crippen LogP) is 4.13. The molecule has 0 radical (unpaired) electrons. The summed E-state index contributed by atoms with van der Waals surface area (Å²) in [4.78, 5) is 56.1. The van der Waals surface area contributed by atoms with Crippen LogP contribution >= 0.6 is 0 Å². The minimum Gasteiger partial charge on any atom is -0.496 e. The van der Waals surface area contributed by atoms with Crippen LogP contribution in [0, 0.1) is 11.8 Å². The highest BCUT2D eigenvalue weighted by Crippen LogP contribution is 2.39. The van der Waals surface area contributed by atoms with Crippen LogP contribution in [0.4, 0.5) is 0 Å². The van der Waals surface area contributed by atoms with Gasteiger partial charge in [0.25, 0.3) is 5.91 Å². The van der Waals surface area contributed by atoms with Gasteiger partial charge in [0, 0.05) is 22.4 Å². The maximum Gasteiger partial charge on any atom is 0.328 e. The summed E-state index contributed by atoms with van der Waals surface area (Å²) >= 11 is 0. The number of rotatable bonds is 10. The molecule has 1 aromatic carbocycles. The van der Waals surface area contributed by atoms with Gasteiger partial charge in [-0.15, -0.1) is 0 Å². The maximum atomic E-state index is 13.8. The third-order valence-corrected chi connectivity index (χ3v) is 9.53. The van der Waals surface area contributed by atoms with E-state index in [0.29, 0.717) is 30.2 Å². The lowest BCUT2D eigenvalue weighted by molar-refractivity contribution is -0.146. The van der Waals surface area contributed by atoms with Crippen molar-refractivity contribution in [1.29, 1.82) is 0 Å². The Labute approximate surface area is 247 Å². The molecule has 2 heterocycles. The summed E-state index contributed by atoms with van der Waals surface area (Å²) in [5.74, 6) is -0.961. The first kappa shape index (κ1) is 29.9. The van der Waals surface area contributed by atoms with E-state index < -0.39 is 29.9 Å². The topological polar surface area (TPSA) is 139 Å². The number of nitrogens with one attached hydrogen (secondary N) is 4. The highest BCUT2D eigenvalue weighted by Gasteiger charge is 2.46. The van der Waals surface area contributed by atoms with Gasteiger partial charge in [-0.05, 0) is 56.2 Å². The number of benzene rings is 1. The molecule has 1 saturated heterocycles. The lowest BCUT2D eigenvalue weighted by Crippen LogP contribution is -2.53. The molecule has 10 nitrogen and oxygen atoms in total. The summed E-state index contributed by atoms with van der Waals surface area (Å²) in [6.45, 7) is 0. The van der Waals surface area contributed by atoms with Gasteiger partial charge in [0.15, 0.2) is 0 Å². The lowest BCUT2D eigenvalue weighted by atomic mass is 9.78. The van der Waals surface area contributed by atoms with Crippen LogP contribution in [0.25, 0.3) is 10.9 Å². The van der Waals surface area contributed by atoms with Gasteiger partial charge in [0.2, 0.25) is 11.8 Å². The SMILES string of the molecule is COC(=O)C(CC1CC2(CCCCC2)NC1=O)NC(=O)[C@H](CC1CCCCC1)NC(=O)c1cc2c(OC)cccc2[nH]1. The Morgan fingerprint density at radius 2 is 1.71 bits per heavy atom. The van der Waals surface area contributed by atoms with E-state index in [1.807, 2.05) is 18.2 Å². The summed E-state index contributed by atoms with van der Waals surface area (Å²) in [7, 11) is 2.86. The van der Waals surface area contributed by atoms with Crippen molar-refractivity contribution in [2.75, 3.05) is 14.2 Å². The van der Waals surface area contributed by atoms with E-state index in [2.05, 4.69) is 20.9 Å². The smallest absolute Gasteiger partial charge is 0.328 e. The molecule has 1 aliphatic heterocycles. The monoisotopic (exact) mass is 580 g/mol. The first-order chi connectivity index (χ1) is 20.3. The first-order valence-electron chi connectivity index (χ1n) is 15.5. The Balaban J connectivity index is 1.31. The average Bonchev–Trinajstić information content (AvgIpc) is 3.57. The van der Waals surface area contributed by atoms with Gasteiger partial charge < -0.3 is 30.4 Å². The van der Waals surface area contributed by atoms with E-state index >= 15 is 0 Å². The molecule has 1 aromatic heterocycles. The van der Waals surface area contributed by atoms with Gasteiger partial charge in [0.1, 0.15) is 23.5 Å². The number of methoxy groups -OCH3 is 2. The zero-order valence-electron chi connectivity index (χ0n) is 24.8. The molecule has 3 fully saturated rings. The summed E-state index contributed by atoms with van der Waals surface area (Å²) in [5.41, 5.74) is 0.870. The van der Waals surface area contributed by atoms with Crippen molar-refractivity contribution in [1.82, 2.24) is 20.9 Å². The average molecular weight is 581 g/mol. The molecule has 42 heavy (non-hydrogen) atoms. The maximum absolute atomic E-state index is 13.8. The van der Waals surface area contributed by atoms with Crippen LogP contribution in [-0.4, -0.2) is 60.5 Å². The zero-order chi connectivity index (χ0) is 29.7. The second-order valence-electron chi connectivity index (χ2n) is 12.4. The number of aromatic nitrogens is 1. The molecule has 2 unspecified atom stereocenters. The quantitative estimate of drug-likeness (QED) is 0.312. The molecule has 5 rings (SSSR count). The van der Waals surface area contributed by atoms with Crippen LogP contribution in [0.5, 0.6) is 5.75 Å². The number of fused-ring (bicyclic) bond motifs is 1. The molecule has 2 aliphatic carbocycles. The number of carbonyl (C=O) groups excluding carboxylic acids is 4. The number of amides is 3. The summed E-state index contributed by atoms with van der Waals surface area (Å²) in [6, 6.07) is 5.41. The molecule has 4 N–H and O–H groups in total. The number of aromatic amines is 1. The molecule has 1 spiro atoms. The molecule has 10 heteroatoms. The second kappa shape index (κ2) is 13.2. The minimum absolute atomic E-state index is 0.0682. The largest absolute Gasteiger partial charge is 0.496 e. The van der Waals surface area contributed by atoms with Gasteiger partial charge in [-0.2, -0.15) is 0 Å². The Bertz CT molecular complexity index is 1290. The van der Waals surface area contributed by atoms with Crippen molar-refractivity contribution in [2.45, 2.75) is 101 Å². The second-order valence-corrected chi connectivity index (χ2v) is 12.4. The molecule has 2 saturated carbocycles. The molecule has 2 aromatic rings. The first-order valence-corrected chi connectivity index (χ1v) is 15.5. The van der Waals surface area contributed by atoms with Crippen LogP contribution in [0.2, 0.25) is 0 Å². The lowest BCUT2D eigenvalue weighted by Gasteiger charge is -2.33. The highest BCUT2D eigenvalue weighted by atomic mass is 16.5. The van der Waals surface area contributed by atoms with E-state index in [9.17, 15) is 19.2 Å². The third kappa shape index (κ3) is 6.73. The Morgan fingerprint density at radius 3 is 2.43 bits per heavy atom. The molecule has 3 amide bonds. The Morgan fingerprint density at radius 1 is 0.976 bits per heavy atom. The number of carbonyl (C=O) groups is 4. The van der Waals surface area contributed by atoms with Gasteiger partial charge in [0.05, 0.1) is 14.2 Å². The Hall–Kier alpha value is -3.56. The van der Waals surface area contributed by atoms with Crippen LogP contribution in [0.1, 0.15) is 94.0 Å². The molecular formula is C32H44N4O6. The molecule has 0 bridgehead atoms. The highest BCUT2D eigenvalue weighted by molar-refractivity contribution is 6.01. The summed E-state index contributed by atoms with van der Waals surface area (Å²) < 4.78 is 10.5. The zero-order valence-corrected chi connectivity index (χ0v) is 24.8. The van der Waals surface area contributed by atoms with Crippen LogP contribution in [0.3, 0.4) is 0 Å². The van der Waals surface area contributed by atoms with Crippen molar-refractivity contribution >= 4 is 34.6 Å². The fourth-order valence-corrected chi connectivity index (χ4v) is 7.29. The van der Waals surface area contributed by atoms with E-state index in [0.717, 1.165) is 62.3 Å². The molecule has 228 valence electrons. The normalized spacial score (nSPS) is 21.9. The van der Waals surface area contributed by atoms with Gasteiger partial charge in [-0.1, -0.05) is 57.4 Å². The minimum atomic E-state index is -0.986. The standard InChI is InChI=1S/C32H44N4O6/c1-41-27-13-9-12-23-22(27)18-25(33-23)30(39)34-24(16-20-10-5-3-6-11-20)29(38)35-26(31(40)42-2)17-21-19-32(36-28(21)37)14-7-4-8-15-32/h9,12-13,18,20-21,24,26,33H,3-8,10-11,14-17,19H2,1-2H3,(H,34,39)(H,35,38)(H,36,37)/t21?,24-,26?/m0/s1. The fourth-order valence-electron chi connectivity index (χ4n) is 7.29. The van der Waals surface area contributed by atoms with E-state index in [1.54, 1.807) is 13.2 Å². The molecular weight excluding hydrogens is 536 g/mol. The van der Waals surface area contributed by atoms with Crippen molar-refractivity contribution in [3.8, 4) is 5.75 Å². The predicted molar refractivity (Wildman–Crippen MR) is 158 cm³/mol. The number of hydrogen-bond donors (Lipinski definition) is 4. The van der Waals surface area contributed by atoms with E-state index in [-0.39, 0.29) is 23.8 Å². The third-order valence-electron chi connectivity index (χ3n) is 9.53. The van der Waals surface area contributed by atoms with Gasteiger partial charge >= 0.3 is 5.97 Å². The van der Waals surface area contributed by atoms with Crippen molar-refractivity contribution in [3.05, 3.63) is 30.0 Å². The van der Waals surface area contributed by atoms with E-state index in [1.165, 1.54) is 20.0 Å². The Kier molecular flexibility index (Phi) is 9.38. The number of hydrogen-bond acceptors (Lipinski definition) is 6. The number of esters is 1. The van der Waals surface area contributed by atoms with E-state index in [4.69, 9.17) is 9.47 Å². The van der Waals surface area contributed by atoms with Crippen molar-refractivity contribution < 1.29 is 28.7 Å². The van der Waals surface area contributed by atoms with Crippen molar-refractivity contribution in [3.63, 3.8) is 0 Å². The number of H-pyrrole nitrogens is 1. The summed E-state index contributed by atoms with van der Waals surface area (Å²) in [5, 5.41) is 9.77. The van der Waals surface area contributed by atoms with Crippen LogP contribution in [0.15, 0.2) is 24.3 Å². The molecule has 3 atom stereocenters.